The highest BCUT2D eigenvalue weighted by Gasteiger charge is 2.55. The average Bonchev–Trinajstić information content (AvgIpc) is 2.90. The van der Waals surface area contributed by atoms with Crippen molar-refractivity contribution >= 4 is 0 Å². The third-order valence-corrected chi connectivity index (χ3v) is 5.96. The second-order valence-corrected chi connectivity index (χ2v) is 7.31. The van der Waals surface area contributed by atoms with E-state index in [4.69, 9.17) is 9.47 Å². The first-order valence-electron chi connectivity index (χ1n) is 8.67. The molecule has 1 aliphatic heterocycles. The van der Waals surface area contributed by atoms with Crippen LogP contribution in [0.15, 0.2) is 0 Å². The molecule has 1 saturated heterocycles. The zero-order valence-corrected chi connectivity index (χ0v) is 13.2. The molecule has 3 nitrogen and oxygen atoms in total. The molecule has 3 rings (SSSR count). The van der Waals surface area contributed by atoms with Crippen molar-refractivity contribution in [2.75, 3.05) is 19.8 Å². The molecule has 0 amide bonds. The molecule has 3 fully saturated rings. The third kappa shape index (κ3) is 2.65. The smallest absolute Gasteiger partial charge is 0.0779 e. The van der Waals surface area contributed by atoms with Crippen molar-refractivity contribution in [3.05, 3.63) is 0 Å². The number of ether oxygens (including phenoxy) is 2. The summed E-state index contributed by atoms with van der Waals surface area (Å²) in [6, 6.07) is 0.653. The van der Waals surface area contributed by atoms with Crippen LogP contribution in [0.3, 0.4) is 0 Å². The molecule has 0 aromatic carbocycles. The predicted octanol–water partition coefficient (Wildman–Crippen LogP) is 3.27. The Morgan fingerprint density at radius 1 is 1.15 bits per heavy atom. The minimum absolute atomic E-state index is 0.0759. The van der Waals surface area contributed by atoms with Gasteiger partial charge in [0.15, 0.2) is 0 Å². The van der Waals surface area contributed by atoms with Crippen LogP contribution in [-0.2, 0) is 9.47 Å². The van der Waals surface area contributed by atoms with Crippen molar-refractivity contribution in [3.8, 4) is 0 Å². The molecule has 0 bridgehead atoms. The molecule has 116 valence electrons. The average molecular weight is 281 g/mol. The molecule has 1 heterocycles. The zero-order chi connectivity index (χ0) is 14.1. The lowest BCUT2D eigenvalue weighted by Gasteiger charge is -2.58. The van der Waals surface area contributed by atoms with Gasteiger partial charge < -0.3 is 14.8 Å². The van der Waals surface area contributed by atoms with Crippen molar-refractivity contribution in [2.24, 2.45) is 5.41 Å². The summed E-state index contributed by atoms with van der Waals surface area (Å²) in [4.78, 5) is 0. The Balaban J connectivity index is 1.58. The summed E-state index contributed by atoms with van der Waals surface area (Å²) in [5.74, 6) is 0. The molecular formula is C17H31NO2. The standard InChI is InChI=1S/C17H31NO2/c1-3-19-15-12-14(17(15)9-5-4-6-10-17)18-13-16(2)8-7-11-20-16/h14-15,18H,3-13H2,1-2H3. The Morgan fingerprint density at radius 3 is 2.60 bits per heavy atom. The van der Waals surface area contributed by atoms with E-state index in [9.17, 15) is 0 Å². The molecule has 3 aliphatic rings. The first-order valence-corrected chi connectivity index (χ1v) is 8.67. The van der Waals surface area contributed by atoms with Gasteiger partial charge in [0.25, 0.3) is 0 Å². The first kappa shape index (κ1) is 14.8. The second-order valence-electron chi connectivity index (χ2n) is 7.31. The lowest BCUT2D eigenvalue weighted by Crippen LogP contribution is -2.65. The van der Waals surface area contributed by atoms with E-state index in [0.717, 1.165) is 19.8 Å². The summed E-state index contributed by atoms with van der Waals surface area (Å²) >= 11 is 0. The van der Waals surface area contributed by atoms with Crippen molar-refractivity contribution in [1.29, 1.82) is 0 Å². The van der Waals surface area contributed by atoms with E-state index in [2.05, 4.69) is 19.2 Å². The van der Waals surface area contributed by atoms with Crippen molar-refractivity contribution in [3.63, 3.8) is 0 Å². The molecule has 0 aromatic rings. The minimum Gasteiger partial charge on any atom is -0.378 e. The van der Waals surface area contributed by atoms with E-state index in [1.807, 2.05) is 0 Å². The summed E-state index contributed by atoms with van der Waals surface area (Å²) in [6.07, 6.45) is 11.0. The third-order valence-electron chi connectivity index (χ3n) is 5.96. The second kappa shape index (κ2) is 5.94. The number of rotatable bonds is 5. The topological polar surface area (TPSA) is 30.5 Å². The highest BCUT2D eigenvalue weighted by atomic mass is 16.5. The van der Waals surface area contributed by atoms with E-state index in [1.54, 1.807) is 0 Å². The highest BCUT2D eigenvalue weighted by molar-refractivity contribution is 5.09. The van der Waals surface area contributed by atoms with E-state index in [0.29, 0.717) is 17.6 Å². The van der Waals surface area contributed by atoms with E-state index in [-0.39, 0.29) is 5.60 Å². The van der Waals surface area contributed by atoms with Gasteiger partial charge in [-0.2, -0.15) is 0 Å². The van der Waals surface area contributed by atoms with Crippen LogP contribution in [0.4, 0.5) is 0 Å². The summed E-state index contributed by atoms with van der Waals surface area (Å²) in [7, 11) is 0. The maximum atomic E-state index is 6.03. The largest absolute Gasteiger partial charge is 0.378 e. The molecule has 0 radical (unpaired) electrons. The maximum absolute atomic E-state index is 6.03. The Bertz CT molecular complexity index is 319. The van der Waals surface area contributed by atoms with Gasteiger partial charge in [0.1, 0.15) is 0 Å². The van der Waals surface area contributed by atoms with Crippen LogP contribution in [0.5, 0.6) is 0 Å². The van der Waals surface area contributed by atoms with Gasteiger partial charge in [0, 0.05) is 31.2 Å². The molecule has 1 N–H and O–H groups in total. The molecule has 3 unspecified atom stereocenters. The number of nitrogens with one attached hydrogen (secondary N) is 1. The molecule has 2 saturated carbocycles. The fraction of sp³-hybridized carbons (Fsp3) is 1.00. The lowest BCUT2D eigenvalue weighted by atomic mass is 9.55. The Kier molecular flexibility index (Phi) is 4.40. The lowest BCUT2D eigenvalue weighted by molar-refractivity contribution is -0.152. The van der Waals surface area contributed by atoms with Crippen LogP contribution in [0, 0.1) is 5.41 Å². The monoisotopic (exact) mass is 281 g/mol. The van der Waals surface area contributed by atoms with Gasteiger partial charge in [0.05, 0.1) is 11.7 Å². The van der Waals surface area contributed by atoms with Gasteiger partial charge in [-0.1, -0.05) is 19.3 Å². The van der Waals surface area contributed by atoms with Crippen molar-refractivity contribution < 1.29 is 9.47 Å². The van der Waals surface area contributed by atoms with Crippen molar-refractivity contribution in [2.45, 2.75) is 83.0 Å². The normalized spacial score (nSPS) is 39.9. The fourth-order valence-corrected chi connectivity index (χ4v) is 4.67. The zero-order valence-electron chi connectivity index (χ0n) is 13.2. The van der Waals surface area contributed by atoms with Crippen LogP contribution in [0.2, 0.25) is 0 Å². The Hall–Kier alpha value is -0.120. The number of hydrogen-bond donors (Lipinski definition) is 1. The Labute approximate surface area is 123 Å². The summed E-state index contributed by atoms with van der Waals surface area (Å²) in [5, 5.41) is 3.85. The SMILES string of the molecule is CCOC1CC(NCC2(C)CCCO2)C12CCCCC2. The van der Waals surface area contributed by atoms with Gasteiger partial charge in [-0.25, -0.2) is 0 Å². The molecule has 0 aromatic heterocycles. The van der Waals surface area contributed by atoms with E-state index in [1.165, 1.54) is 51.4 Å². The van der Waals surface area contributed by atoms with Gasteiger partial charge in [-0.15, -0.1) is 0 Å². The first-order chi connectivity index (χ1) is 9.69. The summed E-state index contributed by atoms with van der Waals surface area (Å²) < 4.78 is 11.9. The summed E-state index contributed by atoms with van der Waals surface area (Å²) in [6.45, 7) is 7.21. The van der Waals surface area contributed by atoms with Crippen molar-refractivity contribution in [1.82, 2.24) is 5.32 Å². The molecular weight excluding hydrogens is 250 g/mol. The molecule has 3 heteroatoms. The Morgan fingerprint density at radius 2 is 1.95 bits per heavy atom. The van der Waals surface area contributed by atoms with Crippen LogP contribution < -0.4 is 5.32 Å². The fourth-order valence-electron chi connectivity index (χ4n) is 4.67. The van der Waals surface area contributed by atoms with Gasteiger partial charge >= 0.3 is 0 Å². The minimum atomic E-state index is 0.0759. The van der Waals surface area contributed by atoms with Gasteiger partial charge in [-0.3, -0.25) is 0 Å². The van der Waals surface area contributed by atoms with Gasteiger partial charge in [0.2, 0.25) is 0 Å². The predicted molar refractivity (Wildman–Crippen MR) is 80.9 cm³/mol. The van der Waals surface area contributed by atoms with E-state index >= 15 is 0 Å². The van der Waals surface area contributed by atoms with Gasteiger partial charge in [-0.05, 0) is 46.0 Å². The van der Waals surface area contributed by atoms with Crippen LogP contribution in [-0.4, -0.2) is 37.5 Å². The maximum Gasteiger partial charge on any atom is 0.0779 e. The van der Waals surface area contributed by atoms with Crippen LogP contribution in [0.25, 0.3) is 0 Å². The molecule has 20 heavy (non-hydrogen) atoms. The van der Waals surface area contributed by atoms with E-state index < -0.39 is 0 Å². The number of hydrogen-bond acceptors (Lipinski definition) is 3. The molecule has 2 aliphatic carbocycles. The van der Waals surface area contributed by atoms with Crippen LogP contribution >= 0.6 is 0 Å². The molecule has 1 spiro atoms. The molecule has 3 atom stereocenters. The quantitative estimate of drug-likeness (QED) is 0.839. The van der Waals surface area contributed by atoms with Crippen LogP contribution in [0.1, 0.15) is 65.2 Å². The summed E-state index contributed by atoms with van der Waals surface area (Å²) in [5.41, 5.74) is 0.510. The highest BCUT2D eigenvalue weighted by Crippen LogP contribution is 2.53.